The minimum absolute atomic E-state index is 0.0864. The molecule has 0 spiro atoms. The standard InChI is InChI=1S/C18H18N2O4S2/c1-10-13(12-5-4-11(24-3)8-14(12)19(10)2)9-15-17(23)20(18(25)26-15)7-6-16(21)22/h4-5,8-9H,6-7H2,1-3H3,(H,21,22)/b15-9-. The second-order valence-electron chi connectivity index (χ2n) is 5.92. The summed E-state index contributed by atoms with van der Waals surface area (Å²) in [6.45, 7) is 2.08. The monoisotopic (exact) mass is 390 g/mol. The summed E-state index contributed by atoms with van der Waals surface area (Å²) in [5.41, 5.74) is 2.97. The van der Waals surface area contributed by atoms with E-state index in [1.54, 1.807) is 7.11 Å². The highest BCUT2D eigenvalue weighted by molar-refractivity contribution is 8.26. The van der Waals surface area contributed by atoms with Crippen molar-refractivity contribution in [1.29, 1.82) is 0 Å². The molecule has 0 atom stereocenters. The van der Waals surface area contributed by atoms with Gasteiger partial charge in [0.1, 0.15) is 10.1 Å². The molecule has 0 unspecified atom stereocenters. The molecular weight excluding hydrogens is 372 g/mol. The summed E-state index contributed by atoms with van der Waals surface area (Å²) < 4.78 is 7.73. The van der Waals surface area contributed by atoms with Crippen LogP contribution in [0, 0.1) is 6.92 Å². The number of methoxy groups -OCH3 is 1. The number of aliphatic carboxylic acids is 1. The summed E-state index contributed by atoms with van der Waals surface area (Å²) in [5.74, 6) is -0.433. The third-order valence-electron chi connectivity index (χ3n) is 4.45. The number of carbonyl (C=O) groups is 2. The van der Waals surface area contributed by atoms with Gasteiger partial charge in [0.25, 0.3) is 5.91 Å². The molecule has 6 nitrogen and oxygen atoms in total. The van der Waals surface area contributed by atoms with E-state index >= 15 is 0 Å². The van der Waals surface area contributed by atoms with Gasteiger partial charge in [-0.25, -0.2) is 0 Å². The lowest BCUT2D eigenvalue weighted by atomic mass is 10.1. The van der Waals surface area contributed by atoms with E-state index in [0.717, 1.165) is 27.9 Å². The Morgan fingerprint density at radius 2 is 2.15 bits per heavy atom. The molecule has 1 amide bonds. The predicted molar refractivity (Wildman–Crippen MR) is 106 cm³/mol. The highest BCUT2D eigenvalue weighted by Gasteiger charge is 2.32. The van der Waals surface area contributed by atoms with E-state index in [2.05, 4.69) is 4.57 Å². The molecule has 2 aromatic rings. The number of hydrogen-bond acceptors (Lipinski definition) is 5. The van der Waals surface area contributed by atoms with E-state index in [-0.39, 0.29) is 18.9 Å². The van der Waals surface area contributed by atoms with Gasteiger partial charge in [-0.05, 0) is 25.1 Å². The Bertz CT molecular complexity index is 962. The zero-order chi connectivity index (χ0) is 19.0. The van der Waals surface area contributed by atoms with Crippen LogP contribution in [0.25, 0.3) is 17.0 Å². The van der Waals surface area contributed by atoms with Crippen LogP contribution in [0.15, 0.2) is 23.1 Å². The maximum Gasteiger partial charge on any atom is 0.305 e. The first-order chi connectivity index (χ1) is 12.3. The number of carboxylic acid groups (broad SMARTS) is 1. The first-order valence-corrected chi connectivity index (χ1v) is 9.16. The van der Waals surface area contributed by atoms with Crippen molar-refractivity contribution >= 4 is 57.2 Å². The minimum atomic E-state index is -0.957. The molecule has 0 aliphatic carbocycles. The van der Waals surface area contributed by atoms with Crippen LogP contribution in [0.1, 0.15) is 17.7 Å². The van der Waals surface area contributed by atoms with Gasteiger partial charge in [-0.2, -0.15) is 0 Å². The number of nitrogens with zero attached hydrogens (tertiary/aromatic N) is 2. The molecule has 1 aliphatic heterocycles. The van der Waals surface area contributed by atoms with E-state index in [0.29, 0.717) is 9.23 Å². The summed E-state index contributed by atoms with van der Waals surface area (Å²) in [6, 6.07) is 5.81. The van der Waals surface area contributed by atoms with Crippen molar-refractivity contribution in [2.24, 2.45) is 7.05 Å². The first-order valence-electron chi connectivity index (χ1n) is 7.93. The van der Waals surface area contributed by atoms with Crippen LogP contribution in [0.2, 0.25) is 0 Å². The topological polar surface area (TPSA) is 71.8 Å². The number of carboxylic acids is 1. The quantitative estimate of drug-likeness (QED) is 0.625. The Morgan fingerprint density at radius 1 is 1.42 bits per heavy atom. The number of aromatic nitrogens is 1. The van der Waals surface area contributed by atoms with Gasteiger partial charge >= 0.3 is 5.97 Å². The number of thiocarbonyl (C=S) groups is 1. The normalized spacial score (nSPS) is 16.1. The molecule has 1 saturated heterocycles. The number of ether oxygens (including phenoxy) is 1. The Morgan fingerprint density at radius 3 is 2.81 bits per heavy atom. The average Bonchev–Trinajstić information content (AvgIpc) is 3.01. The summed E-state index contributed by atoms with van der Waals surface area (Å²) in [4.78, 5) is 25.2. The molecule has 1 aliphatic rings. The van der Waals surface area contributed by atoms with Crippen molar-refractivity contribution in [3.05, 3.63) is 34.4 Å². The fourth-order valence-corrected chi connectivity index (χ4v) is 4.20. The maximum atomic E-state index is 12.6. The van der Waals surface area contributed by atoms with E-state index < -0.39 is 5.97 Å². The lowest BCUT2D eigenvalue weighted by Gasteiger charge is -2.12. The molecule has 1 aromatic heterocycles. The first kappa shape index (κ1) is 18.5. The highest BCUT2D eigenvalue weighted by Crippen LogP contribution is 2.36. The van der Waals surface area contributed by atoms with Gasteiger partial charge in [0.05, 0.1) is 24.0 Å². The summed E-state index contributed by atoms with van der Waals surface area (Å²) >= 11 is 6.45. The number of thioether (sulfide) groups is 1. The van der Waals surface area contributed by atoms with Gasteiger partial charge in [0.15, 0.2) is 0 Å². The van der Waals surface area contributed by atoms with Crippen molar-refractivity contribution < 1.29 is 19.4 Å². The van der Waals surface area contributed by atoms with Crippen LogP contribution < -0.4 is 4.74 Å². The molecule has 1 aromatic carbocycles. The Kier molecular flexibility index (Phi) is 5.06. The van der Waals surface area contributed by atoms with Crippen LogP contribution in [-0.4, -0.2) is 44.4 Å². The highest BCUT2D eigenvalue weighted by atomic mass is 32.2. The maximum absolute atomic E-state index is 12.6. The molecule has 26 heavy (non-hydrogen) atoms. The number of hydrogen-bond donors (Lipinski definition) is 1. The second kappa shape index (κ2) is 7.13. The van der Waals surface area contributed by atoms with E-state index in [1.165, 1.54) is 16.7 Å². The zero-order valence-electron chi connectivity index (χ0n) is 14.6. The smallest absolute Gasteiger partial charge is 0.305 e. The van der Waals surface area contributed by atoms with Crippen LogP contribution >= 0.6 is 24.0 Å². The molecule has 8 heteroatoms. The third kappa shape index (κ3) is 3.22. The van der Waals surface area contributed by atoms with Crippen molar-refractivity contribution in [2.75, 3.05) is 13.7 Å². The number of amides is 1. The lowest BCUT2D eigenvalue weighted by molar-refractivity contribution is -0.137. The molecule has 1 N–H and O–H groups in total. The second-order valence-corrected chi connectivity index (χ2v) is 7.59. The van der Waals surface area contributed by atoms with Gasteiger partial charge in [-0.15, -0.1) is 0 Å². The molecule has 3 rings (SSSR count). The SMILES string of the molecule is COc1ccc2c(/C=C3\SC(=S)N(CCC(=O)O)C3=O)c(C)n(C)c2c1. The number of fused-ring (bicyclic) bond motifs is 1. The van der Waals surface area contributed by atoms with Crippen LogP contribution in [0.5, 0.6) is 5.75 Å². The third-order valence-corrected chi connectivity index (χ3v) is 5.83. The van der Waals surface area contributed by atoms with Crippen molar-refractivity contribution in [2.45, 2.75) is 13.3 Å². The van der Waals surface area contributed by atoms with Crippen LogP contribution in [0.4, 0.5) is 0 Å². The molecule has 0 saturated carbocycles. The zero-order valence-corrected chi connectivity index (χ0v) is 16.2. The van der Waals surface area contributed by atoms with Gasteiger partial charge in [0.2, 0.25) is 0 Å². The fraction of sp³-hybridized carbons (Fsp3) is 0.278. The average molecular weight is 390 g/mol. The minimum Gasteiger partial charge on any atom is -0.497 e. The molecule has 0 bridgehead atoms. The van der Waals surface area contributed by atoms with Gasteiger partial charge < -0.3 is 14.4 Å². The largest absolute Gasteiger partial charge is 0.497 e. The predicted octanol–water partition coefficient (Wildman–Crippen LogP) is 3.17. The Hall–Kier alpha value is -2.32. The molecule has 136 valence electrons. The lowest BCUT2D eigenvalue weighted by Crippen LogP contribution is -2.30. The van der Waals surface area contributed by atoms with Crippen LogP contribution in [0.3, 0.4) is 0 Å². The molecule has 1 fully saturated rings. The van der Waals surface area contributed by atoms with E-state index in [9.17, 15) is 9.59 Å². The summed E-state index contributed by atoms with van der Waals surface area (Å²) in [5, 5.41) is 9.85. The van der Waals surface area contributed by atoms with Crippen molar-refractivity contribution in [1.82, 2.24) is 9.47 Å². The van der Waals surface area contributed by atoms with Gasteiger partial charge in [-0.1, -0.05) is 24.0 Å². The van der Waals surface area contributed by atoms with Gasteiger partial charge in [-0.3, -0.25) is 14.5 Å². The number of benzene rings is 1. The number of rotatable bonds is 5. The Labute approximate surface area is 160 Å². The van der Waals surface area contributed by atoms with E-state index in [4.69, 9.17) is 22.1 Å². The van der Waals surface area contributed by atoms with Crippen LogP contribution in [-0.2, 0) is 16.6 Å². The summed E-state index contributed by atoms with van der Waals surface area (Å²) in [6.07, 6.45) is 1.71. The van der Waals surface area contributed by atoms with Gasteiger partial charge in [0, 0.05) is 36.3 Å². The molecular formula is C18H18N2O4S2. The van der Waals surface area contributed by atoms with Crippen molar-refractivity contribution in [3.8, 4) is 5.75 Å². The number of carbonyl (C=O) groups excluding carboxylic acids is 1. The molecule has 2 heterocycles. The molecule has 0 radical (unpaired) electrons. The van der Waals surface area contributed by atoms with Crippen molar-refractivity contribution in [3.63, 3.8) is 0 Å². The fourth-order valence-electron chi connectivity index (χ4n) is 2.91. The Balaban J connectivity index is 2.00. The van der Waals surface area contributed by atoms with E-state index in [1.807, 2.05) is 38.2 Å². The summed E-state index contributed by atoms with van der Waals surface area (Å²) in [7, 11) is 3.59. The number of aryl methyl sites for hydroxylation is 1.